The summed E-state index contributed by atoms with van der Waals surface area (Å²) in [5.74, 6) is -0.280. The molecule has 2 atom stereocenters. The number of rotatable bonds is 3. The van der Waals surface area contributed by atoms with Gasteiger partial charge in [0.2, 0.25) is 11.8 Å². The number of carbonyl (C=O) groups excluding carboxylic acids is 2. The first-order valence-electron chi connectivity index (χ1n) is 5.69. The van der Waals surface area contributed by atoms with Crippen LogP contribution in [0.5, 0.6) is 0 Å². The van der Waals surface area contributed by atoms with Crippen LogP contribution >= 0.6 is 12.6 Å². The lowest BCUT2D eigenvalue weighted by Crippen LogP contribution is -2.47. The van der Waals surface area contributed by atoms with Crippen molar-refractivity contribution in [1.29, 1.82) is 0 Å². The van der Waals surface area contributed by atoms with Gasteiger partial charge in [0.25, 0.3) is 0 Å². The second kappa shape index (κ2) is 5.57. The molecule has 92 valence electrons. The van der Waals surface area contributed by atoms with E-state index < -0.39 is 0 Å². The molecule has 1 fully saturated rings. The number of nitrogens with two attached hydrogens (primary N) is 1. The summed E-state index contributed by atoms with van der Waals surface area (Å²) in [4.78, 5) is 24.8. The number of carbonyl (C=O) groups is 2. The maximum absolute atomic E-state index is 12.0. The minimum Gasteiger partial charge on any atom is -0.369 e. The Kier molecular flexibility index (Phi) is 4.65. The molecule has 1 heterocycles. The van der Waals surface area contributed by atoms with Crippen molar-refractivity contribution in [3.05, 3.63) is 0 Å². The van der Waals surface area contributed by atoms with Gasteiger partial charge in [0.05, 0.1) is 11.2 Å². The van der Waals surface area contributed by atoms with Crippen LogP contribution in [0.2, 0.25) is 0 Å². The molecule has 1 saturated heterocycles. The summed E-state index contributed by atoms with van der Waals surface area (Å²) in [5, 5.41) is -0.286. The van der Waals surface area contributed by atoms with Crippen molar-refractivity contribution in [2.75, 3.05) is 13.1 Å². The lowest BCUT2D eigenvalue weighted by molar-refractivity contribution is -0.135. The summed E-state index contributed by atoms with van der Waals surface area (Å²) in [6, 6.07) is 0. The van der Waals surface area contributed by atoms with Gasteiger partial charge < -0.3 is 10.6 Å². The van der Waals surface area contributed by atoms with Crippen molar-refractivity contribution in [3.63, 3.8) is 0 Å². The number of thiol groups is 1. The van der Waals surface area contributed by atoms with Gasteiger partial charge in [-0.25, -0.2) is 0 Å². The Labute approximate surface area is 102 Å². The normalized spacial score (nSPS) is 23.2. The smallest absolute Gasteiger partial charge is 0.235 e. The molecule has 0 aromatic carbocycles. The molecule has 0 radical (unpaired) electrons. The van der Waals surface area contributed by atoms with Crippen molar-refractivity contribution in [2.24, 2.45) is 17.6 Å². The Morgan fingerprint density at radius 1 is 1.44 bits per heavy atom. The summed E-state index contributed by atoms with van der Waals surface area (Å²) in [6.45, 7) is 5.10. The largest absolute Gasteiger partial charge is 0.369 e. The predicted molar refractivity (Wildman–Crippen MR) is 66.1 cm³/mol. The highest BCUT2D eigenvalue weighted by atomic mass is 32.1. The van der Waals surface area contributed by atoms with Crippen molar-refractivity contribution in [1.82, 2.24) is 4.90 Å². The minimum absolute atomic E-state index is 0.0179. The Morgan fingerprint density at radius 3 is 2.56 bits per heavy atom. The average molecular weight is 244 g/mol. The van der Waals surface area contributed by atoms with Gasteiger partial charge in [-0.3, -0.25) is 9.59 Å². The summed E-state index contributed by atoms with van der Waals surface area (Å²) in [7, 11) is 0. The second-order valence-corrected chi connectivity index (χ2v) is 5.27. The molecule has 0 aromatic heterocycles. The lowest BCUT2D eigenvalue weighted by atomic mass is 9.96. The molecule has 5 heteroatoms. The van der Waals surface area contributed by atoms with E-state index in [0.29, 0.717) is 13.1 Å². The van der Waals surface area contributed by atoms with Gasteiger partial charge >= 0.3 is 0 Å². The van der Waals surface area contributed by atoms with Crippen LogP contribution in [0.3, 0.4) is 0 Å². The molecule has 2 amide bonds. The molecule has 1 aliphatic heterocycles. The number of hydrogen-bond acceptors (Lipinski definition) is 3. The molecular weight excluding hydrogens is 224 g/mol. The van der Waals surface area contributed by atoms with E-state index in [2.05, 4.69) is 12.6 Å². The molecule has 0 aliphatic carbocycles. The zero-order valence-electron chi connectivity index (χ0n) is 9.85. The van der Waals surface area contributed by atoms with Crippen LogP contribution < -0.4 is 5.73 Å². The molecule has 1 aliphatic rings. The number of nitrogens with zero attached hydrogens (tertiary/aromatic N) is 1. The van der Waals surface area contributed by atoms with Crippen LogP contribution in [0.1, 0.15) is 26.7 Å². The maximum Gasteiger partial charge on any atom is 0.235 e. The highest BCUT2D eigenvalue weighted by Crippen LogP contribution is 2.20. The van der Waals surface area contributed by atoms with Gasteiger partial charge in [0.1, 0.15) is 0 Å². The molecule has 2 N–H and O–H groups in total. The van der Waals surface area contributed by atoms with Crippen molar-refractivity contribution < 1.29 is 9.59 Å². The van der Waals surface area contributed by atoms with E-state index in [1.54, 1.807) is 4.90 Å². The molecule has 0 saturated carbocycles. The van der Waals surface area contributed by atoms with E-state index in [9.17, 15) is 9.59 Å². The molecule has 2 unspecified atom stereocenters. The van der Waals surface area contributed by atoms with Crippen LogP contribution in [0, 0.1) is 11.8 Å². The maximum atomic E-state index is 12.0. The summed E-state index contributed by atoms with van der Waals surface area (Å²) in [6.07, 6.45) is 1.63. The molecule has 16 heavy (non-hydrogen) atoms. The van der Waals surface area contributed by atoms with Crippen molar-refractivity contribution in [3.8, 4) is 0 Å². The van der Waals surface area contributed by atoms with Gasteiger partial charge in [-0.1, -0.05) is 13.8 Å². The fourth-order valence-corrected chi connectivity index (χ4v) is 2.05. The third-order valence-corrected chi connectivity index (χ3v) is 3.84. The lowest BCUT2D eigenvalue weighted by Gasteiger charge is -2.33. The Bertz CT molecular complexity index is 281. The fourth-order valence-electron chi connectivity index (χ4n) is 1.88. The summed E-state index contributed by atoms with van der Waals surface area (Å²) in [5.41, 5.74) is 5.27. The minimum atomic E-state index is -0.308. The van der Waals surface area contributed by atoms with Crippen LogP contribution in [0.4, 0.5) is 0 Å². The van der Waals surface area contributed by atoms with Crippen LogP contribution in [-0.2, 0) is 9.59 Å². The highest BCUT2D eigenvalue weighted by Gasteiger charge is 2.30. The SMILES string of the molecule is CC(C)C(S)C(=O)N1CCCC(C(N)=O)C1. The second-order valence-electron chi connectivity index (χ2n) is 4.71. The van der Waals surface area contributed by atoms with Crippen molar-refractivity contribution in [2.45, 2.75) is 31.9 Å². The Hall–Kier alpha value is -0.710. The number of piperidine rings is 1. The van der Waals surface area contributed by atoms with Gasteiger partial charge in [-0.05, 0) is 18.8 Å². The van der Waals surface area contributed by atoms with Crippen LogP contribution in [-0.4, -0.2) is 35.1 Å². The molecular formula is C11H20N2O2S. The average Bonchev–Trinajstić information content (AvgIpc) is 2.27. The molecule has 4 nitrogen and oxygen atoms in total. The zero-order valence-corrected chi connectivity index (χ0v) is 10.7. The van der Waals surface area contributed by atoms with Crippen molar-refractivity contribution >= 4 is 24.4 Å². The Morgan fingerprint density at radius 2 is 2.06 bits per heavy atom. The number of likely N-dealkylation sites (tertiary alicyclic amines) is 1. The summed E-state index contributed by atoms with van der Waals surface area (Å²) >= 11 is 4.30. The van der Waals surface area contributed by atoms with E-state index >= 15 is 0 Å². The Balaban J connectivity index is 2.60. The zero-order chi connectivity index (χ0) is 12.3. The third-order valence-electron chi connectivity index (χ3n) is 3.02. The molecule has 0 aromatic rings. The van der Waals surface area contributed by atoms with E-state index in [1.807, 2.05) is 13.8 Å². The van der Waals surface area contributed by atoms with Crippen LogP contribution in [0.15, 0.2) is 0 Å². The topological polar surface area (TPSA) is 63.4 Å². The molecule has 1 rings (SSSR count). The predicted octanol–water partition coefficient (Wildman–Crippen LogP) is 0.665. The van der Waals surface area contributed by atoms with E-state index in [0.717, 1.165) is 12.8 Å². The highest BCUT2D eigenvalue weighted by molar-refractivity contribution is 7.81. The standard InChI is InChI=1S/C11H20N2O2S/c1-7(2)9(16)11(15)13-5-3-4-8(6-13)10(12)14/h7-9,16H,3-6H2,1-2H3,(H2,12,14). The first kappa shape index (κ1) is 13.4. The van der Waals surface area contributed by atoms with E-state index in [1.165, 1.54) is 0 Å². The third kappa shape index (κ3) is 3.14. The number of primary amides is 1. The summed E-state index contributed by atoms with van der Waals surface area (Å²) < 4.78 is 0. The first-order chi connectivity index (χ1) is 7.43. The number of hydrogen-bond donors (Lipinski definition) is 2. The monoisotopic (exact) mass is 244 g/mol. The quantitative estimate of drug-likeness (QED) is 0.717. The van der Waals surface area contributed by atoms with Crippen LogP contribution in [0.25, 0.3) is 0 Å². The first-order valence-corrected chi connectivity index (χ1v) is 6.21. The van der Waals surface area contributed by atoms with Gasteiger partial charge in [-0.15, -0.1) is 0 Å². The fraction of sp³-hybridized carbons (Fsp3) is 0.818. The molecule has 0 spiro atoms. The van der Waals surface area contributed by atoms with Gasteiger partial charge in [0.15, 0.2) is 0 Å². The molecule has 0 bridgehead atoms. The van der Waals surface area contributed by atoms with E-state index in [4.69, 9.17) is 5.73 Å². The van der Waals surface area contributed by atoms with E-state index in [-0.39, 0.29) is 28.9 Å². The van der Waals surface area contributed by atoms with Gasteiger partial charge in [-0.2, -0.15) is 12.6 Å². The number of amides is 2. The van der Waals surface area contributed by atoms with Gasteiger partial charge in [0, 0.05) is 13.1 Å².